The Kier molecular flexibility index (Phi) is 7.82. The minimum Gasteiger partial charge on any atom is -0.456 e. The van der Waals surface area contributed by atoms with Crippen LogP contribution in [0.4, 0.5) is 34.1 Å². The van der Waals surface area contributed by atoms with E-state index in [-0.39, 0.29) is 0 Å². The van der Waals surface area contributed by atoms with Crippen molar-refractivity contribution >= 4 is 99.5 Å². The van der Waals surface area contributed by atoms with Crippen molar-refractivity contribution in [3.05, 3.63) is 218 Å². The highest BCUT2D eigenvalue weighted by molar-refractivity contribution is 6.30. The Morgan fingerprint density at radius 2 is 0.750 bits per heavy atom. The van der Waals surface area contributed by atoms with Gasteiger partial charge in [0.15, 0.2) is 0 Å². The van der Waals surface area contributed by atoms with Crippen LogP contribution in [0.1, 0.15) is 0 Å². The molecule has 4 nitrogen and oxygen atoms in total. The molecule has 4 heteroatoms. The minimum absolute atomic E-state index is 0.895. The Bertz CT molecular complexity index is 3510. The molecule has 0 N–H and O–H groups in total. The Morgan fingerprint density at radius 3 is 1.47 bits per heavy atom. The topological polar surface area (TPSA) is 32.8 Å². The molecule has 0 aliphatic carbocycles. The van der Waals surface area contributed by atoms with Gasteiger partial charge in [-0.3, -0.25) is 0 Å². The van der Waals surface area contributed by atoms with E-state index in [1.807, 2.05) is 18.2 Å². The third-order valence-electron chi connectivity index (χ3n) is 11.8. The fraction of sp³-hybridized carbons (Fsp3) is 0. The Hall–Kier alpha value is -8.08. The number of benzene rings is 10. The number of furan rings is 2. The second kappa shape index (κ2) is 13.8. The van der Waals surface area contributed by atoms with Gasteiger partial charge in [-0.25, -0.2) is 0 Å². The molecule has 0 aliphatic heterocycles. The van der Waals surface area contributed by atoms with E-state index < -0.39 is 0 Å². The van der Waals surface area contributed by atoms with Gasteiger partial charge < -0.3 is 18.6 Å². The summed E-state index contributed by atoms with van der Waals surface area (Å²) in [4.78, 5) is 4.68. The van der Waals surface area contributed by atoms with Gasteiger partial charge in [-0.05, 0) is 124 Å². The van der Waals surface area contributed by atoms with Gasteiger partial charge in [-0.1, -0.05) is 121 Å². The van der Waals surface area contributed by atoms with E-state index in [4.69, 9.17) is 8.83 Å². The predicted molar refractivity (Wildman–Crippen MR) is 251 cm³/mol. The number of anilines is 6. The smallest absolute Gasteiger partial charge is 0.143 e. The minimum atomic E-state index is 0.895. The zero-order chi connectivity index (χ0) is 39.6. The first-order valence-corrected chi connectivity index (χ1v) is 20.3. The second-order valence-corrected chi connectivity index (χ2v) is 15.3. The highest BCUT2D eigenvalue weighted by atomic mass is 16.3. The van der Waals surface area contributed by atoms with Crippen LogP contribution >= 0.6 is 0 Å². The molecule has 0 unspecified atom stereocenters. The van der Waals surface area contributed by atoms with Crippen LogP contribution in [0.15, 0.2) is 227 Å². The molecule has 12 rings (SSSR count). The summed E-state index contributed by atoms with van der Waals surface area (Å²) >= 11 is 0. The molecule has 10 aromatic carbocycles. The third-order valence-corrected chi connectivity index (χ3v) is 11.8. The summed E-state index contributed by atoms with van der Waals surface area (Å²) in [5, 5.41) is 9.15. The summed E-state index contributed by atoms with van der Waals surface area (Å²) in [7, 11) is 0. The lowest BCUT2D eigenvalue weighted by molar-refractivity contribution is 0.669. The molecule has 2 aromatic heterocycles. The molecule has 0 saturated carbocycles. The van der Waals surface area contributed by atoms with E-state index in [1.54, 1.807) is 0 Å². The summed E-state index contributed by atoms with van der Waals surface area (Å²) in [6.45, 7) is 0. The molecular formula is C56H36N2O2. The van der Waals surface area contributed by atoms with Gasteiger partial charge in [0.2, 0.25) is 0 Å². The number of hydrogen-bond donors (Lipinski definition) is 0. The van der Waals surface area contributed by atoms with E-state index in [0.29, 0.717) is 0 Å². The standard InChI is InChI=1S/C56H36N2O2/c1-3-14-39(15-4-1)57(40-16-5-2-6-17-40)42-18-13-19-43(35-42)58(41-29-26-37(27-30-41)38-28-33-54-51(34-38)46-21-9-11-24-52(46)59-54)44-31-32-48-50(36-44)45-20-7-8-22-47(45)55-49-23-10-12-25-53(49)60-56(48)55/h1-36H. The maximum Gasteiger partial charge on any atom is 0.143 e. The SMILES string of the molecule is c1ccc(N(c2ccccc2)c2cccc(N(c3ccc(-c4ccc5oc6ccccc6c5c4)cc3)c3ccc4c(c3)c3ccccc3c3c5ccccc5oc43)c2)cc1. The van der Waals surface area contributed by atoms with Gasteiger partial charge in [-0.15, -0.1) is 0 Å². The van der Waals surface area contributed by atoms with Crippen LogP contribution in [0.2, 0.25) is 0 Å². The summed E-state index contributed by atoms with van der Waals surface area (Å²) in [6.07, 6.45) is 0. The first-order valence-electron chi connectivity index (χ1n) is 20.3. The largest absolute Gasteiger partial charge is 0.456 e. The molecule has 60 heavy (non-hydrogen) atoms. The molecule has 0 saturated heterocycles. The highest BCUT2D eigenvalue weighted by Crippen LogP contribution is 2.45. The summed E-state index contributed by atoms with van der Waals surface area (Å²) in [5.74, 6) is 0. The van der Waals surface area contributed by atoms with Crippen molar-refractivity contribution in [1.82, 2.24) is 0 Å². The van der Waals surface area contributed by atoms with Crippen LogP contribution in [-0.4, -0.2) is 0 Å². The van der Waals surface area contributed by atoms with Crippen LogP contribution in [0.3, 0.4) is 0 Å². The quantitative estimate of drug-likeness (QED) is 0.151. The average Bonchev–Trinajstić information content (AvgIpc) is 3.89. The molecular weight excluding hydrogens is 733 g/mol. The maximum absolute atomic E-state index is 6.65. The number of fused-ring (bicyclic) bond motifs is 11. The van der Waals surface area contributed by atoms with E-state index in [2.05, 4.69) is 210 Å². The van der Waals surface area contributed by atoms with Gasteiger partial charge in [0.05, 0.1) is 0 Å². The van der Waals surface area contributed by atoms with Crippen molar-refractivity contribution in [2.75, 3.05) is 9.80 Å². The lowest BCUT2D eigenvalue weighted by Crippen LogP contribution is -2.13. The first-order chi connectivity index (χ1) is 29.7. The second-order valence-electron chi connectivity index (χ2n) is 15.3. The first kappa shape index (κ1) is 34.0. The van der Waals surface area contributed by atoms with Gasteiger partial charge in [0, 0.05) is 61.1 Å². The van der Waals surface area contributed by atoms with Crippen LogP contribution in [0, 0.1) is 0 Å². The van der Waals surface area contributed by atoms with E-state index in [1.165, 1.54) is 10.8 Å². The van der Waals surface area contributed by atoms with Crippen molar-refractivity contribution in [2.24, 2.45) is 0 Å². The predicted octanol–water partition coefficient (Wildman–Crippen LogP) is 16.4. The highest BCUT2D eigenvalue weighted by Gasteiger charge is 2.21. The zero-order valence-corrected chi connectivity index (χ0v) is 32.5. The third kappa shape index (κ3) is 5.53. The Balaban J connectivity index is 1.05. The molecule has 0 aliphatic rings. The molecule has 2 heterocycles. The summed E-state index contributed by atoms with van der Waals surface area (Å²) < 4.78 is 12.8. The molecule has 282 valence electrons. The molecule has 0 atom stereocenters. The summed E-state index contributed by atoms with van der Waals surface area (Å²) in [5.41, 5.74) is 12.3. The molecule has 0 fully saturated rings. The van der Waals surface area contributed by atoms with E-state index >= 15 is 0 Å². The van der Waals surface area contributed by atoms with Crippen molar-refractivity contribution in [2.45, 2.75) is 0 Å². The van der Waals surface area contributed by atoms with Crippen molar-refractivity contribution in [3.63, 3.8) is 0 Å². The Morgan fingerprint density at radius 1 is 0.250 bits per heavy atom. The van der Waals surface area contributed by atoms with Crippen molar-refractivity contribution in [3.8, 4) is 11.1 Å². The fourth-order valence-corrected chi connectivity index (χ4v) is 9.06. The fourth-order valence-electron chi connectivity index (χ4n) is 9.06. The van der Waals surface area contributed by atoms with E-state index in [0.717, 1.165) is 99.9 Å². The lowest BCUT2D eigenvalue weighted by atomic mass is 9.96. The van der Waals surface area contributed by atoms with Crippen LogP contribution in [0.25, 0.3) is 76.5 Å². The average molecular weight is 769 g/mol. The summed E-state index contributed by atoms with van der Waals surface area (Å²) in [6, 6.07) is 77.5. The molecule has 0 amide bonds. The molecule has 0 bridgehead atoms. The van der Waals surface area contributed by atoms with Crippen molar-refractivity contribution < 1.29 is 8.83 Å². The van der Waals surface area contributed by atoms with Crippen molar-refractivity contribution in [1.29, 1.82) is 0 Å². The Labute approximate surface area is 346 Å². The number of hydrogen-bond acceptors (Lipinski definition) is 4. The number of para-hydroxylation sites is 4. The molecule has 12 aromatic rings. The van der Waals surface area contributed by atoms with Crippen LogP contribution < -0.4 is 9.80 Å². The number of nitrogens with zero attached hydrogens (tertiary/aromatic N) is 2. The van der Waals surface area contributed by atoms with Crippen LogP contribution in [-0.2, 0) is 0 Å². The van der Waals surface area contributed by atoms with E-state index in [9.17, 15) is 0 Å². The van der Waals surface area contributed by atoms with Gasteiger partial charge >= 0.3 is 0 Å². The maximum atomic E-state index is 6.65. The van der Waals surface area contributed by atoms with Gasteiger partial charge in [-0.2, -0.15) is 0 Å². The van der Waals surface area contributed by atoms with Crippen LogP contribution in [0.5, 0.6) is 0 Å². The zero-order valence-electron chi connectivity index (χ0n) is 32.5. The monoisotopic (exact) mass is 768 g/mol. The van der Waals surface area contributed by atoms with Gasteiger partial charge in [0.25, 0.3) is 0 Å². The molecule has 0 spiro atoms. The van der Waals surface area contributed by atoms with Gasteiger partial charge in [0.1, 0.15) is 22.3 Å². The normalized spacial score (nSPS) is 11.7. The molecule has 0 radical (unpaired) electrons. The number of rotatable bonds is 7. The lowest BCUT2D eigenvalue weighted by Gasteiger charge is -2.29.